The average molecular weight is 358 g/mol. The van der Waals surface area contributed by atoms with Crippen LogP contribution in [0, 0.1) is 12.8 Å². The van der Waals surface area contributed by atoms with Gasteiger partial charge in [0.25, 0.3) is 0 Å². The first-order valence-corrected chi connectivity index (χ1v) is 9.57. The first kappa shape index (κ1) is 17.2. The first-order chi connectivity index (χ1) is 12.6. The Bertz CT molecular complexity index is 706. The van der Waals surface area contributed by atoms with E-state index in [9.17, 15) is 9.59 Å². The van der Waals surface area contributed by atoms with E-state index < -0.39 is 0 Å². The summed E-state index contributed by atoms with van der Waals surface area (Å²) in [6, 6.07) is 3.88. The Morgan fingerprint density at radius 2 is 1.62 bits per heavy atom. The molecule has 3 aliphatic rings. The van der Waals surface area contributed by atoms with Gasteiger partial charge in [-0.3, -0.25) is 9.59 Å². The smallest absolute Gasteiger partial charge is 0.227 e. The summed E-state index contributed by atoms with van der Waals surface area (Å²) in [5, 5.41) is 0. The lowest BCUT2D eigenvalue weighted by atomic mass is 9.84. The third kappa shape index (κ3) is 3.37. The number of hydrogen-bond acceptors (Lipinski definition) is 4. The van der Waals surface area contributed by atoms with Gasteiger partial charge in [0.1, 0.15) is 13.2 Å². The normalized spacial score (nSPS) is 19.9. The number of aryl methyl sites for hydroxylation is 1. The third-order valence-electron chi connectivity index (χ3n) is 5.74. The van der Waals surface area contributed by atoms with E-state index >= 15 is 0 Å². The molecule has 0 N–H and O–H groups in total. The fourth-order valence-electron chi connectivity index (χ4n) is 3.79. The lowest BCUT2D eigenvalue weighted by Gasteiger charge is -2.38. The Hall–Kier alpha value is -2.24. The van der Waals surface area contributed by atoms with Gasteiger partial charge in [0.05, 0.1) is 6.42 Å². The van der Waals surface area contributed by atoms with Gasteiger partial charge in [-0.25, -0.2) is 0 Å². The van der Waals surface area contributed by atoms with Gasteiger partial charge >= 0.3 is 0 Å². The Balaban J connectivity index is 1.35. The number of carbonyl (C=O) groups excluding carboxylic acids is 2. The van der Waals surface area contributed by atoms with Gasteiger partial charge in [-0.1, -0.05) is 6.42 Å². The van der Waals surface area contributed by atoms with Crippen LogP contribution in [0.5, 0.6) is 11.5 Å². The molecule has 26 heavy (non-hydrogen) atoms. The van der Waals surface area contributed by atoms with Crippen LogP contribution >= 0.6 is 0 Å². The van der Waals surface area contributed by atoms with E-state index in [0.29, 0.717) is 45.8 Å². The number of benzene rings is 1. The van der Waals surface area contributed by atoms with Crippen molar-refractivity contribution in [3.8, 4) is 11.5 Å². The molecule has 6 nitrogen and oxygen atoms in total. The maximum atomic E-state index is 12.7. The van der Waals surface area contributed by atoms with Gasteiger partial charge in [-0.15, -0.1) is 0 Å². The number of amides is 2. The molecule has 1 saturated heterocycles. The van der Waals surface area contributed by atoms with Crippen LogP contribution in [-0.4, -0.2) is 61.0 Å². The molecule has 0 aromatic heterocycles. The summed E-state index contributed by atoms with van der Waals surface area (Å²) in [5.74, 6) is 2.11. The summed E-state index contributed by atoms with van der Waals surface area (Å²) in [6.07, 6.45) is 3.59. The zero-order valence-electron chi connectivity index (χ0n) is 15.3. The van der Waals surface area contributed by atoms with Crippen LogP contribution in [0.15, 0.2) is 12.1 Å². The summed E-state index contributed by atoms with van der Waals surface area (Å²) in [7, 11) is 0. The van der Waals surface area contributed by atoms with Crippen molar-refractivity contribution < 1.29 is 19.1 Å². The predicted molar refractivity (Wildman–Crippen MR) is 96.4 cm³/mol. The molecular formula is C20H26N2O4. The minimum absolute atomic E-state index is 0.112. The van der Waals surface area contributed by atoms with E-state index in [1.165, 1.54) is 6.42 Å². The number of rotatable bonds is 3. The van der Waals surface area contributed by atoms with Crippen molar-refractivity contribution in [1.82, 2.24) is 9.80 Å². The zero-order valence-corrected chi connectivity index (χ0v) is 15.3. The Labute approximate surface area is 154 Å². The molecule has 0 unspecified atom stereocenters. The van der Waals surface area contributed by atoms with Crippen LogP contribution in [0.4, 0.5) is 0 Å². The number of piperazine rings is 1. The summed E-state index contributed by atoms with van der Waals surface area (Å²) < 4.78 is 11.2. The standard InChI is InChI=1S/C20H26N2O4/c1-14-11-17-18(26-10-9-25-17)12-16(14)13-19(23)21-5-7-22(8-6-21)20(24)15-3-2-4-15/h11-12,15H,2-10,13H2,1H3. The average Bonchev–Trinajstić information content (AvgIpc) is 2.61. The fraction of sp³-hybridized carbons (Fsp3) is 0.600. The molecule has 1 aromatic rings. The van der Waals surface area contributed by atoms with Crippen molar-refractivity contribution in [3.63, 3.8) is 0 Å². The maximum absolute atomic E-state index is 12.7. The lowest BCUT2D eigenvalue weighted by molar-refractivity contribution is -0.143. The highest BCUT2D eigenvalue weighted by molar-refractivity contribution is 5.81. The van der Waals surface area contributed by atoms with Crippen molar-refractivity contribution in [3.05, 3.63) is 23.3 Å². The van der Waals surface area contributed by atoms with Gasteiger partial charge in [-0.05, 0) is 43.0 Å². The van der Waals surface area contributed by atoms with Gasteiger partial charge in [0.2, 0.25) is 11.8 Å². The molecule has 1 aliphatic carbocycles. The number of hydrogen-bond donors (Lipinski definition) is 0. The van der Waals surface area contributed by atoms with E-state index in [0.717, 1.165) is 35.5 Å². The van der Waals surface area contributed by atoms with Crippen LogP contribution in [0.2, 0.25) is 0 Å². The van der Waals surface area contributed by atoms with Gasteiger partial charge < -0.3 is 19.3 Å². The van der Waals surface area contributed by atoms with Crippen molar-refractivity contribution in [2.75, 3.05) is 39.4 Å². The molecular weight excluding hydrogens is 332 g/mol. The summed E-state index contributed by atoms with van der Waals surface area (Å²) in [5.41, 5.74) is 2.02. The number of carbonyl (C=O) groups is 2. The van der Waals surface area contributed by atoms with Crippen molar-refractivity contribution >= 4 is 11.8 Å². The maximum Gasteiger partial charge on any atom is 0.227 e. The Morgan fingerprint density at radius 3 is 2.23 bits per heavy atom. The molecule has 2 amide bonds. The van der Waals surface area contributed by atoms with E-state index in [-0.39, 0.29) is 17.7 Å². The van der Waals surface area contributed by atoms with Crippen molar-refractivity contribution in [2.24, 2.45) is 5.92 Å². The van der Waals surface area contributed by atoms with E-state index in [4.69, 9.17) is 9.47 Å². The highest BCUT2D eigenvalue weighted by atomic mass is 16.6. The van der Waals surface area contributed by atoms with E-state index in [1.54, 1.807) is 0 Å². The molecule has 0 spiro atoms. The molecule has 2 aliphatic heterocycles. The number of ether oxygens (including phenoxy) is 2. The summed E-state index contributed by atoms with van der Waals surface area (Å²) in [4.78, 5) is 28.9. The van der Waals surface area contributed by atoms with Gasteiger partial charge in [-0.2, -0.15) is 0 Å². The number of fused-ring (bicyclic) bond motifs is 1. The molecule has 2 heterocycles. The molecule has 0 bridgehead atoms. The summed E-state index contributed by atoms with van der Waals surface area (Å²) in [6.45, 7) is 5.66. The second-order valence-corrected chi connectivity index (χ2v) is 7.43. The highest BCUT2D eigenvalue weighted by Gasteiger charge is 2.32. The lowest BCUT2D eigenvalue weighted by Crippen LogP contribution is -2.52. The Morgan fingerprint density at radius 1 is 1.00 bits per heavy atom. The SMILES string of the molecule is Cc1cc2c(cc1CC(=O)N1CCN(C(=O)C3CCC3)CC1)OCCO2. The molecule has 1 saturated carbocycles. The van der Waals surface area contributed by atoms with E-state index in [1.807, 2.05) is 28.9 Å². The van der Waals surface area contributed by atoms with Crippen molar-refractivity contribution in [1.29, 1.82) is 0 Å². The zero-order chi connectivity index (χ0) is 18.1. The van der Waals surface area contributed by atoms with Crippen LogP contribution < -0.4 is 9.47 Å². The molecule has 2 fully saturated rings. The first-order valence-electron chi connectivity index (χ1n) is 9.57. The van der Waals surface area contributed by atoms with Crippen molar-refractivity contribution in [2.45, 2.75) is 32.6 Å². The minimum atomic E-state index is 0.112. The van der Waals surface area contributed by atoms with Gasteiger partial charge in [0, 0.05) is 32.1 Å². The Kier molecular flexibility index (Phi) is 4.74. The van der Waals surface area contributed by atoms with Crippen LogP contribution in [-0.2, 0) is 16.0 Å². The largest absolute Gasteiger partial charge is 0.486 e. The van der Waals surface area contributed by atoms with E-state index in [2.05, 4.69) is 0 Å². The third-order valence-corrected chi connectivity index (χ3v) is 5.74. The van der Waals surface area contributed by atoms with Crippen LogP contribution in [0.3, 0.4) is 0 Å². The number of nitrogens with zero attached hydrogens (tertiary/aromatic N) is 2. The van der Waals surface area contributed by atoms with Crippen LogP contribution in [0.25, 0.3) is 0 Å². The van der Waals surface area contributed by atoms with Gasteiger partial charge in [0.15, 0.2) is 11.5 Å². The molecule has 6 heteroatoms. The summed E-state index contributed by atoms with van der Waals surface area (Å²) >= 11 is 0. The fourth-order valence-corrected chi connectivity index (χ4v) is 3.79. The second kappa shape index (κ2) is 7.17. The molecule has 0 atom stereocenters. The predicted octanol–water partition coefficient (Wildman–Crippen LogP) is 1.78. The van der Waals surface area contributed by atoms with Crippen LogP contribution in [0.1, 0.15) is 30.4 Å². The molecule has 140 valence electrons. The second-order valence-electron chi connectivity index (χ2n) is 7.43. The molecule has 0 radical (unpaired) electrons. The molecule has 1 aromatic carbocycles. The molecule has 4 rings (SSSR count). The highest BCUT2D eigenvalue weighted by Crippen LogP contribution is 2.33. The topological polar surface area (TPSA) is 59.1 Å². The quantitative estimate of drug-likeness (QED) is 0.826. The minimum Gasteiger partial charge on any atom is -0.486 e. The monoisotopic (exact) mass is 358 g/mol.